The molecule has 0 bridgehead atoms. The molecule has 0 atom stereocenters. The summed E-state index contributed by atoms with van der Waals surface area (Å²) in [6.45, 7) is 12.5. The predicted molar refractivity (Wildman–Crippen MR) is 88.5 cm³/mol. The molecule has 1 aromatic heterocycles. The van der Waals surface area contributed by atoms with Gasteiger partial charge in [-0.25, -0.2) is 9.98 Å². The summed E-state index contributed by atoms with van der Waals surface area (Å²) in [5, 5.41) is 4.41. The first-order chi connectivity index (χ1) is 9.58. The van der Waals surface area contributed by atoms with Gasteiger partial charge in [-0.1, -0.05) is 6.08 Å². The molecule has 20 heavy (non-hydrogen) atoms. The van der Waals surface area contributed by atoms with Crippen molar-refractivity contribution in [3.8, 4) is 0 Å². The van der Waals surface area contributed by atoms with Gasteiger partial charge in [-0.3, -0.25) is 0 Å². The Morgan fingerprint density at radius 1 is 1.50 bits per heavy atom. The van der Waals surface area contributed by atoms with Crippen molar-refractivity contribution in [2.75, 3.05) is 20.1 Å². The van der Waals surface area contributed by atoms with Gasteiger partial charge in [0.05, 0.1) is 12.2 Å². The molecule has 0 fully saturated rings. The number of hydrogen-bond acceptors (Lipinski definition) is 3. The quantitative estimate of drug-likeness (QED) is 0.363. The zero-order valence-electron chi connectivity index (χ0n) is 13.1. The van der Waals surface area contributed by atoms with E-state index in [1.165, 1.54) is 4.88 Å². The summed E-state index contributed by atoms with van der Waals surface area (Å²) in [5.74, 6) is 0.946. The van der Waals surface area contributed by atoms with Crippen molar-refractivity contribution in [2.45, 2.75) is 40.2 Å². The summed E-state index contributed by atoms with van der Waals surface area (Å²) in [4.78, 5) is 12.6. The van der Waals surface area contributed by atoms with Gasteiger partial charge in [0.15, 0.2) is 5.96 Å². The van der Waals surface area contributed by atoms with E-state index < -0.39 is 0 Å². The summed E-state index contributed by atoms with van der Waals surface area (Å²) >= 11 is 1.73. The van der Waals surface area contributed by atoms with Gasteiger partial charge < -0.3 is 10.2 Å². The molecule has 0 radical (unpaired) electrons. The number of nitrogens with zero attached hydrogens (tertiary/aromatic N) is 3. The van der Waals surface area contributed by atoms with Crippen LogP contribution in [-0.4, -0.2) is 36.0 Å². The summed E-state index contributed by atoms with van der Waals surface area (Å²) in [6, 6.07) is 0. The van der Waals surface area contributed by atoms with Crippen molar-refractivity contribution < 1.29 is 0 Å². The highest BCUT2D eigenvalue weighted by Crippen LogP contribution is 2.17. The van der Waals surface area contributed by atoms with Crippen LogP contribution in [0.15, 0.2) is 17.6 Å². The van der Waals surface area contributed by atoms with Crippen LogP contribution >= 0.6 is 11.3 Å². The van der Waals surface area contributed by atoms with Gasteiger partial charge in [-0.2, -0.15) is 0 Å². The molecule has 0 unspecified atom stereocenters. The van der Waals surface area contributed by atoms with Crippen molar-refractivity contribution in [3.05, 3.63) is 28.2 Å². The predicted octanol–water partition coefficient (Wildman–Crippen LogP) is 3.12. The molecule has 4 nitrogen and oxygen atoms in total. The van der Waals surface area contributed by atoms with Crippen molar-refractivity contribution in [1.29, 1.82) is 0 Å². The Morgan fingerprint density at radius 3 is 2.80 bits per heavy atom. The molecule has 5 heteroatoms. The number of guanidine groups is 1. The molecule has 1 N–H and O–H groups in total. The maximum absolute atomic E-state index is 4.67. The molecule has 0 aliphatic carbocycles. The number of nitrogens with one attached hydrogen (secondary N) is 1. The average Bonchev–Trinajstić information content (AvgIpc) is 2.74. The lowest BCUT2D eigenvalue weighted by Gasteiger charge is -2.21. The highest BCUT2D eigenvalue weighted by molar-refractivity contribution is 7.11. The molecule has 0 aliphatic heterocycles. The van der Waals surface area contributed by atoms with Crippen LogP contribution in [0.2, 0.25) is 0 Å². The minimum atomic E-state index is 0.646. The van der Waals surface area contributed by atoms with Crippen molar-refractivity contribution in [3.63, 3.8) is 0 Å². The van der Waals surface area contributed by atoms with E-state index >= 15 is 0 Å². The first kappa shape index (κ1) is 16.7. The molecule has 0 aliphatic rings. The fourth-order valence-corrected chi connectivity index (χ4v) is 2.66. The van der Waals surface area contributed by atoms with E-state index in [1.807, 2.05) is 13.0 Å². The van der Waals surface area contributed by atoms with E-state index in [1.54, 1.807) is 11.3 Å². The maximum Gasteiger partial charge on any atom is 0.194 e. The van der Waals surface area contributed by atoms with Gasteiger partial charge in [0.2, 0.25) is 0 Å². The second-order valence-electron chi connectivity index (χ2n) is 4.77. The van der Waals surface area contributed by atoms with Crippen LogP contribution in [0.25, 0.3) is 0 Å². The molecule has 0 saturated heterocycles. The Labute approximate surface area is 126 Å². The van der Waals surface area contributed by atoms with E-state index in [-0.39, 0.29) is 0 Å². The standard InChI is InChI=1S/C15H26N4S/c1-6-8-9-10-19(5)15(16-7-2)17-11-14-18-12(3)13(4)20-14/h6H,1,7-11H2,2-5H3,(H,16,17). The lowest BCUT2D eigenvalue weighted by Crippen LogP contribution is -2.39. The lowest BCUT2D eigenvalue weighted by atomic mass is 10.3. The first-order valence-electron chi connectivity index (χ1n) is 7.11. The van der Waals surface area contributed by atoms with Crippen molar-refractivity contribution in [1.82, 2.24) is 15.2 Å². The van der Waals surface area contributed by atoms with E-state index in [9.17, 15) is 0 Å². The summed E-state index contributed by atoms with van der Waals surface area (Å²) in [6.07, 6.45) is 4.09. The molecule has 112 valence electrons. The molecular weight excluding hydrogens is 268 g/mol. The summed E-state index contributed by atoms with van der Waals surface area (Å²) in [5.41, 5.74) is 1.12. The van der Waals surface area contributed by atoms with Crippen LogP contribution in [0.4, 0.5) is 0 Å². The van der Waals surface area contributed by atoms with Crippen molar-refractivity contribution >= 4 is 17.3 Å². The van der Waals surface area contributed by atoms with Gasteiger partial charge in [0, 0.05) is 25.0 Å². The number of aryl methyl sites for hydroxylation is 2. The SMILES string of the molecule is C=CCCCN(C)C(=NCc1nc(C)c(C)s1)NCC. The number of allylic oxidation sites excluding steroid dienone is 1. The smallest absolute Gasteiger partial charge is 0.194 e. The van der Waals surface area contributed by atoms with E-state index in [2.05, 4.69) is 47.7 Å². The molecule has 0 spiro atoms. The number of thiazole rings is 1. The molecule has 0 saturated carbocycles. The minimum Gasteiger partial charge on any atom is -0.357 e. The number of aromatic nitrogens is 1. The molecular formula is C15H26N4S. The fourth-order valence-electron chi connectivity index (χ4n) is 1.80. The third-order valence-corrected chi connectivity index (χ3v) is 4.09. The van der Waals surface area contributed by atoms with E-state index in [0.29, 0.717) is 6.54 Å². The van der Waals surface area contributed by atoms with Crippen LogP contribution in [0.3, 0.4) is 0 Å². The zero-order chi connectivity index (χ0) is 15.0. The Kier molecular flexibility index (Phi) is 7.30. The van der Waals surface area contributed by atoms with Gasteiger partial charge in [0.25, 0.3) is 0 Å². The average molecular weight is 294 g/mol. The Bertz CT molecular complexity index is 431. The normalized spacial score (nSPS) is 11.5. The van der Waals surface area contributed by atoms with Crippen LogP contribution in [0.5, 0.6) is 0 Å². The third kappa shape index (κ3) is 5.33. The van der Waals surface area contributed by atoms with Crippen LogP contribution in [0.1, 0.15) is 35.3 Å². The highest BCUT2D eigenvalue weighted by atomic mass is 32.1. The molecule has 1 rings (SSSR count). The molecule has 0 aromatic carbocycles. The number of rotatable bonds is 7. The summed E-state index contributed by atoms with van der Waals surface area (Å²) < 4.78 is 0. The molecule has 1 aromatic rings. The first-order valence-corrected chi connectivity index (χ1v) is 7.93. The van der Waals surface area contributed by atoms with Gasteiger partial charge in [0.1, 0.15) is 5.01 Å². The second kappa shape index (κ2) is 8.74. The summed E-state index contributed by atoms with van der Waals surface area (Å²) in [7, 11) is 2.07. The van der Waals surface area contributed by atoms with E-state index in [4.69, 9.17) is 0 Å². The lowest BCUT2D eigenvalue weighted by molar-refractivity contribution is 0.470. The highest BCUT2D eigenvalue weighted by Gasteiger charge is 2.07. The fraction of sp³-hybridized carbons (Fsp3) is 0.600. The topological polar surface area (TPSA) is 40.5 Å². The van der Waals surface area contributed by atoms with Gasteiger partial charge in [-0.15, -0.1) is 17.9 Å². The number of aliphatic imine (C=N–C) groups is 1. The Hall–Kier alpha value is -1.36. The zero-order valence-corrected chi connectivity index (χ0v) is 13.9. The monoisotopic (exact) mass is 294 g/mol. The Morgan fingerprint density at radius 2 is 2.25 bits per heavy atom. The maximum atomic E-state index is 4.67. The van der Waals surface area contributed by atoms with Crippen LogP contribution < -0.4 is 5.32 Å². The van der Waals surface area contributed by atoms with Gasteiger partial charge in [-0.05, 0) is 33.6 Å². The van der Waals surface area contributed by atoms with E-state index in [0.717, 1.165) is 42.6 Å². The molecule has 1 heterocycles. The third-order valence-electron chi connectivity index (χ3n) is 3.04. The van der Waals surface area contributed by atoms with Crippen molar-refractivity contribution in [2.24, 2.45) is 4.99 Å². The second-order valence-corrected chi connectivity index (χ2v) is 6.06. The number of unbranched alkanes of at least 4 members (excludes halogenated alkanes) is 1. The largest absolute Gasteiger partial charge is 0.357 e. The minimum absolute atomic E-state index is 0.646. The van der Waals surface area contributed by atoms with Crippen LogP contribution in [-0.2, 0) is 6.54 Å². The number of hydrogen-bond donors (Lipinski definition) is 1. The Balaban J connectivity index is 2.63. The van der Waals surface area contributed by atoms with Crippen LogP contribution in [0, 0.1) is 13.8 Å². The van der Waals surface area contributed by atoms with Gasteiger partial charge >= 0.3 is 0 Å². The molecule has 0 amide bonds.